The highest BCUT2D eigenvalue weighted by Crippen LogP contribution is 2.44. The van der Waals surface area contributed by atoms with Gasteiger partial charge in [-0.1, -0.05) is 41.4 Å². The lowest BCUT2D eigenvalue weighted by atomic mass is 9.82. The highest BCUT2D eigenvalue weighted by Gasteiger charge is 2.51. The molecular weight excluding hydrogens is 413 g/mol. The molecule has 3 N–H and O–H groups in total. The molecule has 29 heavy (non-hydrogen) atoms. The van der Waals surface area contributed by atoms with Crippen LogP contribution in [0.2, 0.25) is 10.0 Å². The van der Waals surface area contributed by atoms with Crippen molar-refractivity contribution >= 4 is 40.9 Å². The van der Waals surface area contributed by atoms with Crippen molar-refractivity contribution < 1.29 is 14.7 Å². The predicted octanol–water partition coefficient (Wildman–Crippen LogP) is 4.36. The van der Waals surface area contributed by atoms with Gasteiger partial charge in [0.1, 0.15) is 5.54 Å². The molecule has 8 heteroatoms. The number of halogens is 2. The second-order valence-corrected chi connectivity index (χ2v) is 8.20. The molecule has 2 aromatic rings. The number of hydrogen-bond acceptors (Lipinski definition) is 3. The first-order chi connectivity index (χ1) is 13.7. The van der Waals surface area contributed by atoms with Gasteiger partial charge < -0.3 is 15.7 Å². The highest BCUT2D eigenvalue weighted by molar-refractivity contribution is 6.31. The van der Waals surface area contributed by atoms with E-state index in [0.717, 1.165) is 11.1 Å². The molecule has 0 aromatic heterocycles. The molecule has 1 aliphatic rings. The van der Waals surface area contributed by atoms with Gasteiger partial charge in [0.25, 0.3) is 0 Å². The van der Waals surface area contributed by atoms with Gasteiger partial charge >= 0.3 is 6.09 Å². The minimum absolute atomic E-state index is 0.0304. The van der Waals surface area contributed by atoms with E-state index in [2.05, 4.69) is 10.6 Å². The van der Waals surface area contributed by atoms with Gasteiger partial charge in [0.2, 0.25) is 5.91 Å². The summed E-state index contributed by atoms with van der Waals surface area (Å²) in [5.74, 6) is -0.168. The van der Waals surface area contributed by atoms with Crippen LogP contribution in [0.25, 0.3) is 0 Å². The molecule has 1 unspecified atom stereocenters. The molecule has 1 heterocycles. The number of nitrogens with zero attached hydrogens (tertiary/aromatic N) is 1. The van der Waals surface area contributed by atoms with Crippen LogP contribution in [0.5, 0.6) is 0 Å². The van der Waals surface area contributed by atoms with Crippen molar-refractivity contribution in [3.05, 3.63) is 63.6 Å². The Bertz CT molecular complexity index is 935. The summed E-state index contributed by atoms with van der Waals surface area (Å²) in [4.78, 5) is 26.4. The number of hydrogen-bond donors (Lipinski definition) is 3. The third-order valence-electron chi connectivity index (χ3n) is 5.14. The Kier molecular flexibility index (Phi) is 6.36. The van der Waals surface area contributed by atoms with Crippen molar-refractivity contribution in [3.63, 3.8) is 0 Å². The third-order valence-corrected chi connectivity index (χ3v) is 5.61. The van der Waals surface area contributed by atoms with E-state index in [1.54, 1.807) is 18.2 Å². The van der Waals surface area contributed by atoms with Crippen LogP contribution in [0.4, 0.5) is 10.5 Å². The van der Waals surface area contributed by atoms with Crippen LogP contribution in [0.1, 0.15) is 25.0 Å². The monoisotopic (exact) mass is 435 g/mol. The summed E-state index contributed by atoms with van der Waals surface area (Å²) in [6.07, 6.45) is -0.708. The van der Waals surface area contributed by atoms with Gasteiger partial charge in [0, 0.05) is 46.8 Å². The molecule has 2 aromatic carbocycles. The van der Waals surface area contributed by atoms with E-state index in [1.807, 2.05) is 43.0 Å². The Morgan fingerprint density at radius 1 is 1.21 bits per heavy atom. The first kappa shape index (κ1) is 21.4. The standard InChI is InChI=1S/C21H23Cl2N3O3/c1-13(2)26(9-8-24-20(28)29)21(12-14-4-3-5-15(22)10-14)17-7-6-16(23)11-18(17)25-19(21)27/h3-7,10-11,13,24H,8-9,12H2,1-2H3,(H,25,27)(H,28,29). The number of carboxylic acid groups (broad SMARTS) is 1. The van der Waals surface area contributed by atoms with E-state index < -0.39 is 11.6 Å². The van der Waals surface area contributed by atoms with Crippen LogP contribution in [-0.4, -0.2) is 41.1 Å². The van der Waals surface area contributed by atoms with Gasteiger partial charge in [0.15, 0.2) is 0 Å². The average molecular weight is 436 g/mol. The quantitative estimate of drug-likeness (QED) is 0.603. The molecule has 3 rings (SSSR count). The van der Waals surface area contributed by atoms with Gasteiger partial charge in [-0.3, -0.25) is 9.69 Å². The van der Waals surface area contributed by atoms with Crippen LogP contribution in [0.15, 0.2) is 42.5 Å². The van der Waals surface area contributed by atoms with Crippen molar-refractivity contribution in [2.45, 2.75) is 31.8 Å². The van der Waals surface area contributed by atoms with E-state index in [0.29, 0.717) is 28.7 Å². The Labute approximate surface area is 179 Å². The van der Waals surface area contributed by atoms with E-state index in [9.17, 15) is 9.59 Å². The molecule has 0 saturated carbocycles. The molecule has 1 atom stereocenters. The van der Waals surface area contributed by atoms with Crippen molar-refractivity contribution in [2.24, 2.45) is 0 Å². The lowest BCUT2D eigenvalue weighted by Crippen LogP contribution is -2.57. The second-order valence-electron chi connectivity index (χ2n) is 7.33. The van der Waals surface area contributed by atoms with E-state index in [-0.39, 0.29) is 18.5 Å². The Morgan fingerprint density at radius 2 is 1.93 bits per heavy atom. The van der Waals surface area contributed by atoms with Gasteiger partial charge in [0.05, 0.1) is 0 Å². The van der Waals surface area contributed by atoms with Gasteiger partial charge in [-0.2, -0.15) is 0 Å². The summed E-state index contributed by atoms with van der Waals surface area (Å²) >= 11 is 12.3. The minimum Gasteiger partial charge on any atom is -0.465 e. The average Bonchev–Trinajstić information content (AvgIpc) is 2.89. The fourth-order valence-electron chi connectivity index (χ4n) is 4.01. The zero-order chi connectivity index (χ0) is 21.2. The SMILES string of the molecule is CC(C)N(CCNC(=O)O)C1(Cc2cccc(Cl)c2)C(=O)Nc2cc(Cl)ccc21. The number of amides is 2. The summed E-state index contributed by atoms with van der Waals surface area (Å²) in [6, 6.07) is 12.8. The molecule has 0 aliphatic carbocycles. The first-order valence-corrected chi connectivity index (χ1v) is 10.1. The fourth-order valence-corrected chi connectivity index (χ4v) is 4.39. The summed E-state index contributed by atoms with van der Waals surface area (Å²) < 4.78 is 0. The Morgan fingerprint density at radius 3 is 2.59 bits per heavy atom. The molecule has 6 nitrogen and oxygen atoms in total. The summed E-state index contributed by atoms with van der Waals surface area (Å²) in [5.41, 5.74) is 1.38. The number of anilines is 1. The number of nitrogens with one attached hydrogen (secondary N) is 2. The van der Waals surface area contributed by atoms with Gasteiger partial charge in [-0.25, -0.2) is 4.79 Å². The molecule has 2 amide bonds. The number of carbonyl (C=O) groups is 2. The van der Waals surface area contributed by atoms with Crippen molar-refractivity contribution in [1.82, 2.24) is 10.2 Å². The largest absolute Gasteiger partial charge is 0.465 e. The molecular formula is C21H23Cl2N3O3. The van der Waals surface area contributed by atoms with Crippen molar-refractivity contribution in [1.29, 1.82) is 0 Å². The Hall–Kier alpha value is -2.28. The maximum absolute atomic E-state index is 13.4. The molecule has 0 saturated heterocycles. The molecule has 0 fully saturated rings. The van der Waals surface area contributed by atoms with E-state index >= 15 is 0 Å². The molecule has 1 aliphatic heterocycles. The lowest BCUT2D eigenvalue weighted by Gasteiger charge is -2.42. The maximum atomic E-state index is 13.4. The normalized spacial score (nSPS) is 18.1. The van der Waals surface area contributed by atoms with E-state index in [1.165, 1.54) is 0 Å². The summed E-state index contributed by atoms with van der Waals surface area (Å²) in [5, 5.41) is 15.4. The maximum Gasteiger partial charge on any atom is 0.404 e. The highest BCUT2D eigenvalue weighted by atomic mass is 35.5. The van der Waals surface area contributed by atoms with Crippen LogP contribution in [0.3, 0.4) is 0 Å². The molecule has 0 spiro atoms. The zero-order valence-electron chi connectivity index (χ0n) is 16.2. The number of carbonyl (C=O) groups excluding carboxylic acids is 1. The predicted molar refractivity (Wildman–Crippen MR) is 115 cm³/mol. The van der Waals surface area contributed by atoms with Gasteiger partial charge in [-0.15, -0.1) is 0 Å². The zero-order valence-corrected chi connectivity index (χ0v) is 17.7. The van der Waals surface area contributed by atoms with E-state index in [4.69, 9.17) is 28.3 Å². The van der Waals surface area contributed by atoms with Crippen LogP contribution >= 0.6 is 23.2 Å². The van der Waals surface area contributed by atoms with Crippen LogP contribution in [-0.2, 0) is 16.8 Å². The number of fused-ring (bicyclic) bond motifs is 1. The molecule has 154 valence electrons. The fraction of sp³-hybridized carbons (Fsp3) is 0.333. The minimum atomic E-state index is -1.10. The number of benzene rings is 2. The number of rotatable bonds is 7. The van der Waals surface area contributed by atoms with Crippen LogP contribution in [0, 0.1) is 0 Å². The lowest BCUT2D eigenvalue weighted by molar-refractivity contribution is -0.129. The summed E-state index contributed by atoms with van der Waals surface area (Å²) in [7, 11) is 0. The topological polar surface area (TPSA) is 81.7 Å². The van der Waals surface area contributed by atoms with Crippen molar-refractivity contribution in [2.75, 3.05) is 18.4 Å². The van der Waals surface area contributed by atoms with Crippen LogP contribution < -0.4 is 10.6 Å². The smallest absolute Gasteiger partial charge is 0.404 e. The Balaban J connectivity index is 2.11. The molecule has 0 bridgehead atoms. The first-order valence-electron chi connectivity index (χ1n) is 9.33. The summed E-state index contributed by atoms with van der Waals surface area (Å²) in [6.45, 7) is 4.53. The third kappa shape index (κ3) is 4.34. The van der Waals surface area contributed by atoms with Gasteiger partial charge in [-0.05, 0) is 43.7 Å². The second kappa shape index (κ2) is 8.61. The molecule has 0 radical (unpaired) electrons. The van der Waals surface area contributed by atoms with Crippen molar-refractivity contribution in [3.8, 4) is 0 Å².